The van der Waals surface area contributed by atoms with Crippen LogP contribution >= 0.6 is 11.6 Å². The van der Waals surface area contributed by atoms with Crippen LogP contribution in [0.4, 0.5) is 5.69 Å². The second kappa shape index (κ2) is 7.71. The van der Waals surface area contributed by atoms with E-state index in [2.05, 4.69) is 15.1 Å². The lowest BCUT2D eigenvalue weighted by Gasteiger charge is -2.34. The number of H-pyrrole nitrogens is 1. The summed E-state index contributed by atoms with van der Waals surface area (Å²) in [6.07, 6.45) is 0. The summed E-state index contributed by atoms with van der Waals surface area (Å²) >= 11 is 6.19. The monoisotopic (exact) mass is 379 g/mol. The predicted molar refractivity (Wildman–Crippen MR) is 94.4 cm³/mol. The normalized spacial score (nSPS) is 15.1. The summed E-state index contributed by atoms with van der Waals surface area (Å²) in [6, 6.07) is 7.64. The molecule has 26 heavy (non-hydrogen) atoms. The van der Waals surface area contributed by atoms with E-state index in [1.54, 1.807) is 4.90 Å². The van der Waals surface area contributed by atoms with Gasteiger partial charge in [-0.2, -0.15) is 0 Å². The number of nitrogens with one attached hydrogen (secondary N) is 1. The van der Waals surface area contributed by atoms with E-state index in [0.717, 1.165) is 5.56 Å². The predicted octanol–water partition coefficient (Wildman–Crippen LogP) is 1.94. The SMILES string of the molecule is COc1n[nH]c(C(=O)N2CCN(Cc3ccccc3Cl)CC2)c1[N+](=O)[O-]. The van der Waals surface area contributed by atoms with Gasteiger partial charge in [0, 0.05) is 37.7 Å². The average Bonchev–Trinajstić information content (AvgIpc) is 3.08. The minimum atomic E-state index is -0.663. The minimum absolute atomic E-state index is 0.161. The molecule has 1 aliphatic heterocycles. The van der Waals surface area contributed by atoms with E-state index in [0.29, 0.717) is 37.7 Å². The third-order valence-corrected chi connectivity index (χ3v) is 4.68. The molecule has 2 aromatic rings. The number of rotatable bonds is 5. The Labute approximate surface area is 154 Å². The zero-order valence-corrected chi connectivity index (χ0v) is 14.9. The number of aromatic nitrogens is 2. The molecule has 0 spiro atoms. The van der Waals surface area contributed by atoms with E-state index < -0.39 is 16.5 Å². The van der Waals surface area contributed by atoms with Crippen LogP contribution < -0.4 is 4.74 Å². The molecule has 0 unspecified atom stereocenters. The standard InChI is InChI=1S/C16H18ClN5O4/c1-26-15-14(22(24)25)13(18-19-15)16(23)21-8-6-20(7-9-21)10-11-4-2-3-5-12(11)17/h2-5H,6-10H2,1H3,(H,18,19). The Morgan fingerprint density at radius 2 is 2.04 bits per heavy atom. The molecule has 138 valence electrons. The summed E-state index contributed by atoms with van der Waals surface area (Å²) < 4.78 is 4.84. The number of amides is 1. The van der Waals surface area contributed by atoms with Crippen LogP contribution in [0.15, 0.2) is 24.3 Å². The highest BCUT2D eigenvalue weighted by molar-refractivity contribution is 6.31. The van der Waals surface area contributed by atoms with E-state index >= 15 is 0 Å². The zero-order chi connectivity index (χ0) is 18.7. The number of ether oxygens (including phenoxy) is 1. The number of nitro groups is 1. The van der Waals surface area contributed by atoms with Crippen molar-refractivity contribution in [2.75, 3.05) is 33.3 Å². The van der Waals surface area contributed by atoms with Crippen LogP contribution in [0.1, 0.15) is 16.1 Å². The topological polar surface area (TPSA) is 105 Å². The lowest BCUT2D eigenvalue weighted by molar-refractivity contribution is -0.386. The first-order valence-electron chi connectivity index (χ1n) is 8.03. The second-order valence-corrected chi connectivity index (χ2v) is 6.28. The Morgan fingerprint density at radius 3 is 2.65 bits per heavy atom. The van der Waals surface area contributed by atoms with Crippen LogP contribution in [-0.2, 0) is 6.54 Å². The molecule has 0 aliphatic carbocycles. The van der Waals surface area contributed by atoms with E-state index in [-0.39, 0.29) is 11.6 Å². The number of halogens is 1. The quantitative estimate of drug-likeness (QED) is 0.628. The molecule has 3 rings (SSSR count). The fourth-order valence-electron chi connectivity index (χ4n) is 2.92. The number of aromatic amines is 1. The lowest BCUT2D eigenvalue weighted by atomic mass is 10.2. The summed E-state index contributed by atoms with van der Waals surface area (Å²) in [7, 11) is 1.27. The summed E-state index contributed by atoms with van der Waals surface area (Å²) in [4.78, 5) is 26.9. The second-order valence-electron chi connectivity index (χ2n) is 5.87. The fraction of sp³-hybridized carbons (Fsp3) is 0.375. The van der Waals surface area contributed by atoms with Crippen molar-refractivity contribution in [3.05, 3.63) is 50.7 Å². The average molecular weight is 380 g/mol. The molecule has 0 atom stereocenters. The van der Waals surface area contributed by atoms with Crippen LogP contribution in [0.25, 0.3) is 0 Å². The van der Waals surface area contributed by atoms with Gasteiger partial charge in [0.05, 0.1) is 12.0 Å². The summed E-state index contributed by atoms with van der Waals surface area (Å²) in [6.45, 7) is 2.91. The molecular weight excluding hydrogens is 362 g/mol. The van der Waals surface area contributed by atoms with Gasteiger partial charge in [-0.1, -0.05) is 29.8 Å². The smallest absolute Gasteiger partial charge is 0.362 e. The Balaban J connectivity index is 1.65. The van der Waals surface area contributed by atoms with E-state index in [4.69, 9.17) is 16.3 Å². The van der Waals surface area contributed by atoms with Gasteiger partial charge in [-0.3, -0.25) is 24.9 Å². The van der Waals surface area contributed by atoms with Gasteiger partial charge in [0.15, 0.2) is 0 Å². The maximum atomic E-state index is 12.6. The largest absolute Gasteiger partial charge is 0.475 e. The van der Waals surface area contributed by atoms with E-state index in [1.807, 2.05) is 24.3 Å². The number of nitrogens with zero attached hydrogens (tertiary/aromatic N) is 4. The van der Waals surface area contributed by atoms with Gasteiger partial charge in [-0.25, -0.2) is 0 Å². The lowest BCUT2D eigenvalue weighted by Crippen LogP contribution is -2.48. The van der Waals surface area contributed by atoms with Crippen molar-refractivity contribution in [2.45, 2.75) is 6.54 Å². The van der Waals surface area contributed by atoms with Gasteiger partial charge >= 0.3 is 11.6 Å². The minimum Gasteiger partial charge on any atom is -0.475 e. The number of benzene rings is 1. The van der Waals surface area contributed by atoms with E-state index in [1.165, 1.54) is 7.11 Å². The highest BCUT2D eigenvalue weighted by Gasteiger charge is 2.33. The van der Waals surface area contributed by atoms with Crippen LogP contribution in [0, 0.1) is 10.1 Å². The van der Waals surface area contributed by atoms with Gasteiger partial charge < -0.3 is 9.64 Å². The highest BCUT2D eigenvalue weighted by Crippen LogP contribution is 2.29. The van der Waals surface area contributed by atoms with Gasteiger partial charge in [0.2, 0.25) is 5.69 Å². The summed E-state index contributed by atoms with van der Waals surface area (Å²) in [5.41, 5.74) is 0.435. The summed E-state index contributed by atoms with van der Waals surface area (Å²) in [5.74, 6) is -0.652. The maximum Gasteiger partial charge on any atom is 0.362 e. The first kappa shape index (κ1) is 18.2. The van der Waals surface area contributed by atoms with Crippen molar-refractivity contribution in [1.29, 1.82) is 0 Å². The molecule has 0 saturated carbocycles. The van der Waals surface area contributed by atoms with Gasteiger partial charge in [0.1, 0.15) is 0 Å². The maximum absolute atomic E-state index is 12.6. The number of piperazine rings is 1. The van der Waals surface area contributed by atoms with Crippen LogP contribution in [0.3, 0.4) is 0 Å². The molecule has 1 N–H and O–H groups in total. The fourth-order valence-corrected chi connectivity index (χ4v) is 3.11. The Kier molecular flexibility index (Phi) is 5.38. The number of hydrogen-bond acceptors (Lipinski definition) is 6. The molecule has 1 amide bonds. The molecule has 2 heterocycles. The molecule has 1 fully saturated rings. The first-order chi connectivity index (χ1) is 12.5. The van der Waals surface area contributed by atoms with Crippen LogP contribution in [0.2, 0.25) is 5.02 Å². The molecule has 1 aliphatic rings. The molecule has 0 radical (unpaired) electrons. The van der Waals surface area contributed by atoms with Crippen molar-refractivity contribution in [2.24, 2.45) is 0 Å². The Morgan fingerprint density at radius 1 is 1.35 bits per heavy atom. The third-order valence-electron chi connectivity index (χ3n) is 4.31. The number of hydrogen-bond donors (Lipinski definition) is 1. The molecule has 9 nitrogen and oxygen atoms in total. The zero-order valence-electron chi connectivity index (χ0n) is 14.1. The van der Waals surface area contributed by atoms with Crippen molar-refractivity contribution in [1.82, 2.24) is 20.0 Å². The molecule has 1 saturated heterocycles. The molecule has 1 aromatic heterocycles. The van der Waals surface area contributed by atoms with Crippen LogP contribution in [0.5, 0.6) is 5.88 Å². The van der Waals surface area contributed by atoms with Crippen molar-refractivity contribution >= 4 is 23.2 Å². The van der Waals surface area contributed by atoms with Crippen LogP contribution in [-0.4, -0.2) is 64.1 Å². The van der Waals surface area contributed by atoms with Gasteiger partial charge in [-0.05, 0) is 11.6 Å². The summed E-state index contributed by atoms with van der Waals surface area (Å²) in [5, 5.41) is 18.0. The Hall–Kier alpha value is -2.65. The molecule has 10 heteroatoms. The molecular formula is C16H18ClN5O4. The molecule has 1 aromatic carbocycles. The van der Waals surface area contributed by atoms with Crippen molar-refractivity contribution in [3.8, 4) is 5.88 Å². The van der Waals surface area contributed by atoms with Gasteiger partial charge in [-0.15, -0.1) is 5.10 Å². The Bertz CT molecular complexity index is 817. The number of methoxy groups -OCH3 is 1. The number of carbonyl (C=O) groups excluding carboxylic acids is 1. The highest BCUT2D eigenvalue weighted by atomic mass is 35.5. The molecule has 0 bridgehead atoms. The first-order valence-corrected chi connectivity index (χ1v) is 8.41. The van der Waals surface area contributed by atoms with Gasteiger partial charge in [0.25, 0.3) is 5.91 Å². The van der Waals surface area contributed by atoms with Crippen molar-refractivity contribution < 1.29 is 14.5 Å². The van der Waals surface area contributed by atoms with E-state index in [9.17, 15) is 14.9 Å². The third kappa shape index (κ3) is 3.63. The number of carbonyl (C=O) groups is 1. The van der Waals surface area contributed by atoms with Crippen molar-refractivity contribution in [3.63, 3.8) is 0 Å².